The molecule has 2 aromatic carbocycles. The van der Waals surface area contributed by atoms with Crippen LogP contribution in [0, 0.1) is 17.8 Å². The maximum Gasteiger partial charge on any atom is 0.573 e. The van der Waals surface area contributed by atoms with E-state index in [4.69, 9.17) is 9.84 Å². The number of rotatable bonds is 11. The van der Waals surface area contributed by atoms with Crippen LogP contribution in [0.3, 0.4) is 0 Å². The van der Waals surface area contributed by atoms with Crippen molar-refractivity contribution in [2.45, 2.75) is 103 Å². The summed E-state index contributed by atoms with van der Waals surface area (Å²) in [6.07, 6.45) is -12.6. The molecule has 1 N–H and O–H groups in total. The number of cyclic esters (lactones) is 1. The fraction of sp³-hybridized carbons (Fsp3) is 0.576. The number of hydrogen-bond acceptors (Lipinski definition) is 4. The highest BCUT2D eigenvalue weighted by Crippen LogP contribution is 2.42. The second-order valence-electron chi connectivity index (χ2n) is 12.6. The maximum atomic E-state index is 13.5. The van der Waals surface area contributed by atoms with E-state index in [0.29, 0.717) is 36.5 Å². The van der Waals surface area contributed by atoms with E-state index >= 15 is 0 Å². The minimum Gasteiger partial charge on any atom is -0.481 e. The van der Waals surface area contributed by atoms with Crippen molar-refractivity contribution in [2.75, 3.05) is 0 Å². The second kappa shape index (κ2) is 14.5. The Balaban J connectivity index is 1.57. The Labute approximate surface area is 271 Å². The average Bonchev–Trinajstić information content (AvgIpc) is 3.25. The lowest BCUT2D eigenvalue weighted by molar-refractivity contribution is -0.274. The first kappa shape index (κ1) is 37.2. The predicted octanol–water partition coefficient (Wildman–Crippen LogP) is 9.94. The van der Waals surface area contributed by atoms with Crippen molar-refractivity contribution in [1.29, 1.82) is 0 Å². The van der Waals surface area contributed by atoms with E-state index in [9.17, 15) is 49.1 Å². The molecule has 266 valence electrons. The highest BCUT2D eigenvalue weighted by atomic mass is 19.4. The van der Waals surface area contributed by atoms with Gasteiger partial charge in [-0.15, -0.1) is 13.2 Å². The zero-order chi connectivity index (χ0) is 35.6. The molecule has 15 heteroatoms. The highest BCUT2D eigenvalue weighted by Gasteiger charge is 2.43. The summed E-state index contributed by atoms with van der Waals surface area (Å²) in [5, 5.41) is 9.11. The van der Waals surface area contributed by atoms with Crippen molar-refractivity contribution < 1.29 is 63.7 Å². The number of aryl methyl sites for hydroxylation is 1. The fourth-order valence-electron chi connectivity index (χ4n) is 6.90. The Kier molecular flexibility index (Phi) is 11.2. The number of benzene rings is 2. The lowest BCUT2D eigenvalue weighted by Crippen LogP contribution is -2.32. The zero-order valence-electron chi connectivity index (χ0n) is 26.1. The number of hydrogen-bond donors (Lipinski definition) is 1. The number of amides is 1. The van der Waals surface area contributed by atoms with E-state index in [2.05, 4.69) is 4.74 Å². The molecule has 0 spiro atoms. The Morgan fingerprint density at radius 3 is 2.06 bits per heavy atom. The summed E-state index contributed by atoms with van der Waals surface area (Å²) in [4.78, 5) is 25.1. The van der Waals surface area contributed by atoms with Crippen molar-refractivity contribution in [2.24, 2.45) is 17.8 Å². The number of ether oxygens (including phenoxy) is 2. The monoisotopic (exact) mass is 697 g/mol. The van der Waals surface area contributed by atoms with Crippen LogP contribution < -0.4 is 4.74 Å². The van der Waals surface area contributed by atoms with Gasteiger partial charge >= 0.3 is 30.8 Å². The summed E-state index contributed by atoms with van der Waals surface area (Å²) < 4.78 is 130. The smallest absolute Gasteiger partial charge is 0.481 e. The molecule has 6 nitrogen and oxygen atoms in total. The number of halogens is 9. The van der Waals surface area contributed by atoms with Crippen molar-refractivity contribution in [1.82, 2.24) is 4.90 Å². The molecule has 2 aromatic rings. The number of carboxylic acid groups (broad SMARTS) is 1. The van der Waals surface area contributed by atoms with Gasteiger partial charge < -0.3 is 14.6 Å². The van der Waals surface area contributed by atoms with Crippen LogP contribution in [0.15, 0.2) is 36.4 Å². The predicted molar refractivity (Wildman–Crippen MR) is 154 cm³/mol. The second-order valence-corrected chi connectivity index (χ2v) is 12.6. The van der Waals surface area contributed by atoms with Crippen molar-refractivity contribution >= 4 is 12.1 Å². The number of carboxylic acids is 1. The first-order valence-corrected chi connectivity index (χ1v) is 15.6. The Bertz CT molecular complexity index is 1420. The maximum absolute atomic E-state index is 13.5. The molecular weight excluding hydrogens is 661 g/mol. The van der Waals surface area contributed by atoms with Gasteiger partial charge in [0.05, 0.1) is 17.2 Å². The Morgan fingerprint density at radius 1 is 0.938 bits per heavy atom. The van der Waals surface area contributed by atoms with E-state index in [1.165, 1.54) is 13.0 Å². The summed E-state index contributed by atoms with van der Waals surface area (Å²) in [6.45, 7) is 3.05. The summed E-state index contributed by atoms with van der Waals surface area (Å²) in [5.41, 5.74) is -2.84. The van der Waals surface area contributed by atoms with Crippen LogP contribution in [0.25, 0.3) is 0 Å². The third-order valence-corrected chi connectivity index (χ3v) is 9.41. The largest absolute Gasteiger partial charge is 0.573 e. The minimum atomic E-state index is -5.12. The zero-order valence-corrected chi connectivity index (χ0v) is 26.1. The normalized spacial score (nSPS) is 22.8. The third-order valence-electron chi connectivity index (χ3n) is 9.41. The molecule has 1 aliphatic carbocycles. The molecule has 3 atom stereocenters. The molecule has 2 fully saturated rings. The van der Waals surface area contributed by atoms with E-state index in [1.54, 1.807) is 0 Å². The quantitative estimate of drug-likeness (QED) is 0.237. The van der Waals surface area contributed by atoms with Crippen molar-refractivity contribution in [3.05, 3.63) is 64.2 Å². The molecule has 0 radical (unpaired) electrons. The van der Waals surface area contributed by atoms with Gasteiger partial charge in [-0.1, -0.05) is 19.4 Å². The Morgan fingerprint density at radius 2 is 1.54 bits per heavy atom. The first-order valence-electron chi connectivity index (χ1n) is 15.6. The molecule has 4 rings (SSSR count). The van der Waals surface area contributed by atoms with Crippen LogP contribution in [-0.2, 0) is 34.8 Å². The van der Waals surface area contributed by atoms with Gasteiger partial charge in [-0.3, -0.25) is 9.69 Å². The summed E-state index contributed by atoms with van der Waals surface area (Å²) in [6, 6.07) is 3.53. The summed E-state index contributed by atoms with van der Waals surface area (Å²) in [7, 11) is 0. The van der Waals surface area contributed by atoms with E-state index in [0.717, 1.165) is 49.1 Å². The van der Waals surface area contributed by atoms with Gasteiger partial charge in [0.2, 0.25) is 0 Å². The Hall–Kier alpha value is -3.65. The topological polar surface area (TPSA) is 76.1 Å². The van der Waals surface area contributed by atoms with Gasteiger partial charge in [0.1, 0.15) is 11.9 Å². The minimum absolute atomic E-state index is 0.0353. The first-order chi connectivity index (χ1) is 22.2. The van der Waals surface area contributed by atoms with Gasteiger partial charge in [-0.2, -0.15) is 26.3 Å². The standard InChI is InChI=1S/C33H36F9NO5/c1-3-20(21-6-4-19(5-7-21)12-28(44)45)8-9-22-10-11-27(48-33(40,41)42)15-24(22)17-43-18(2)29(47-30(43)46)23-13-25(31(34,35)36)16-26(14-23)32(37,38)39/h10-11,13-16,18-21,29H,3-9,12,17H2,1-2H3,(H,44,45). The van der Waals surface area contributed by atoms with Gasteiger partial charge in [-0.25, -0.2) is 4.79 Å². The van der Waals surface area contributed by atoms with Gasteiger partial charge in [-0.05, 0) is 110 Å². The van der Waals surface area contributed by atoms with E-state index < -0.39 is 65.4 Å². The molecule has 0 bridgehead atoms. The fourth-order valence-corrected chi connectivity index (χ4v) is 6.90. The molecule has 1 saturated heterocycles. The molecule has 1 amide bonds. The van der Waals surface area contributed by atoms with Crippen molar-refractivity contribution in [3.63, 3.8) is 0 Å². The van der Waals surface area contributed by atoms with Crippen LogP contribution in [0.4, 0.5) is 44.3 Å². The molecule has 2 aliphatic rings. The van der Waals surface area contributed by atoms with E-state index in [1.807, 2.05) is 6.92 Å². The van der Waals surface area contributed by atoms with Crippen molar-refractivity contribution in [3.8, 4) is 5.75 Å². The van der Waals surface area contributed by atoms with Crippen LogP contribution >= 0.6 is 0 Å². The molecule has 0 aromatic heterocycles. The van der Waals surface area contributed by atoms with Gasteiger partial charge in [0.25, 0.3) is 0 Å². The number of carbonyl (C=O) groups is 2. The van der Waals surface area contributed by atoms with Crippen LogP contribution in [-0.4, -0.2) is 34.5 Å². The van der Waals surface area contributed by atoms with Crippen LogP contribution in [0.1, 0.15) is 92.7 Å². The van der Waals surface area contributed by atoms with E-state index in [-0.39, 0.29) is 36.4 Å². The van der Waals surface area contributed by atoms with Crippen LogP contribution in [0.5, 0.6) is 5.75 Å². The molecule has 1 heterocycles. The lowest BCUT2D eigenvalue weighted by Gasteiger charge is -2.33. The SMILES string of the molecule is CCC(CCc1ccc(OC(F)(F)F)cc1CN1C(=O)OC(c2cc(C(F)(F)F)cc(C(F)(F)F)c2)C1C)C1CCC(CC(=O)O)CC1. The number of nitrogens with zero attached hydrogens (tertiary/aromatic N) is 1. The molecule has 48 heavy (non-hydrogen) atoms. The van der Waals surface area contributed by atoms with Crippen LogP contribution in [0.2, 0.25) is 0 Å². The van der Waals surface area contributed by atoms with Gasteiger partial charge in [0, 0.05) is 13.0 Å². The molecular formula is C33H36F9NO5. The van der Waals surface area contributed by atoms with Gasteiger partial charge in [0.15, 0.2) is 0 Å². The number of aliphatic carboxylic acids is 1. The summed E-state index contributed by atoms with van der Waals surface area (Å²) in [5.74, 6) is -0.710. The molecule has 1 aliphatic heterocycles. The average molecular weight is 698 g/mol. The number of carbonyl (C=O) groups excluding carboxylic acids is 1. The summed E-state index contributed by atoms with van der Waals surface area (Å²) >= 11 is 0. The number of alkyl halides is 9. The molecule has 3 unspecified atom stereocenters. The lowest BCUT2D eigenvalue weighted by atomic mass is 9.72. The molecule has 1 saturated carbocycles. The highest BCUT2D eigenvalue weighted by molar-refractivity contribution is 5.71. The third kappa shape index (κ3) is 9.49.